The van der Waals surface area contributed by atoms with Gasteiger partial charge in [0.05, 0.1) is 6.61 Å². The Labute approximate surface area is 203 Å². The van der Waals surface area contributed by atoms with Crippen LogP contribution in [-0.4, -0.2) is 21.0 Å². The van der Waals surface area contributed by atoms with Gasteiger partial charge >= 0.3 is 0 Å². The van der Waals surface area contributed by atoms with E-state index in [0.717, 1.165) is 6.42 Å². The fraction of sp³-hybridized carbons (Fsp3) is 0.357. The topological polar surface area (TPSA) is 21.3 Å². The first-order valence-electron chi connectivity index (χ1n) is 11.1. The van der Waals surface area contributed by atoms with Crippen molar-refractivity contribution in [3.63, 3.8) is 0 Å². The third kappa shape index (κ3) is 4.65. The number of hydrogen-bond donors (Lipinski definition) is 1. The van der Waals surface area contributed by atoms with Gasteiger partial charge in [-0.25, -0.2) is 0 Å². The van der Waals surface area contributed by atoms with Crippen LogP contribution in [0.1, 0.15) is 52.3 Å². The molecule has 2 nitrogen and oxygen atoms in total. The van der Waals surface area contributed by atoms with Gasteiger partial charge in [-0.2, -0.15) is 0 Å². The number of rotatable bonds is 5. The van der Waals surface area contributed by atoms with Crippen LogP contribution in [0.5, 0.6) is 0 Å². The Morgan fingerprint density at radius 2 is 1.47 bits per heavy atom. The smallest absolute Gasteiger partial charge is 0.261 e. The molecule has 0 fully saturated rings. The minimum absolute atomic E-state index is 0. The van der Waals surface area contributed by atoms with Crippen molar-refractivity contribution in [2.75, 3.05) is 6.61 Å². The molecule has 4 heteroatoms. The van der Waals surface area contributed by atoms with Crippen molar-refractivity contribution in [2.24, 2.45) is 0 Å². The van der Waals surface area contributed by atoms with Gasteiger partial charge in [-0.3, -0.25) is 0 Å². The molecule has 2 atom stereocenters. The first-order valence-corrected chi connectivity index (χ1v) is 13.8. The maximum Gasteiger partial charge on any atom is 0.261 e. The second-order valence-electron chi connectivity index (χ2n) is 9.57. The van der Waals surface area contributed by atoms with Gasteiger partial charge in [-0.1, -0.05) is 117 Å². The SMILES string of the molecule is C.C[C@@H]1N[C@@H](CO[Si](c2ccccc2)(c2ccccc2)C(C)(C)C)Cc2c(Br)cccc21. The largest absolute Gasteiger partial charge is 0.406 e. The summed E-state index contributed by atoms with van der Waals surface area (Å²) < 4.78 is 8.37. The van der Waals surface area contributed by atoms with Crippen LogP contribution in [0.3, 0.4) is 0 Å². The summed E-state index contributed by atoms with van der Waals surface area (Å²) in [7, 11) is -2.51. The molecule has 0 aliphatic carbocycles. The van der Waals surface area contributed by atoms with Gasteiger partial charge < -0.3 is 9.74 Å². The lowest BCUT2D eigenvalue weighted by Gasteiger charge is -2.44. The molecule has 1 aliphatic rings. The van der Waals surface area contributed by atoms with Gasteiger partial charge in [0, 0.05) is 16.6 Å². The van der Waals surface area contributed by atoms with Crippen LogP contribution in [0.15, 0.2) is 83.3 Å². The molecule has 0 amide bonds. The summed E-state index contributed by atoms with van der Waals surface area (Å²) >= 11 is 3.77. The molecule has 0 spiro atoms. The highest BCUT2D eigenvalue weighted by molar-refractivity contribution is 9.10. The van der Waals surface area contributed by atoms with Crippen molar-refractivity contribution >= 4 is 34.6 Å². The van der Waals surface area contributed by atoms with Crippen LogP contribution in [0.25, 0.3) is 0 Å². The highest BCUT2D eigenvalue weighted by Gasteiger charge is 2.50. The van der Waals surface area contributed by atoms with E-state index in [1.807, 2.05) is 0 Å². The van der Waals surface area contributed by atoms with Crippen LogP contribution in [0.4, 0.5) is 0 Å². The van der Waals surface area contributed by atoms with Crippen molar-refractivity contribution < 1.29 is 4.43 Å². The van der Waals surface area contributed by atoms with Crippen molar-refractivity contribution in [2.45, 2.75) is 58.7 Å². The molecule has 32 heavy (non-hydrogen) atoms. The van der Waals surface area contributed by atoms with Crippen LogP contribution in [0.2, 0.25) is 5.04 Å². The van der Waals surface area contributed by atoms with Crippen LogP contribution >= 0.6 is 15.9 Å². The van der Waals surface area contributed by atoms with E-state index in [0.29, 0.717) is 12.6 Å². The maximum atomic E-state index is 7.17. The first kappa shape index (κ1) is 24.9. The lowest BCUT2D eigenvalue weighted by Crippen LogP contribution is -2.67. The number of nitrogens with one attached hydrogen (secondary N) is 1. The fourth-order valence-corrected chi connectivity index (χ4v) is 10.2. The van der Waals surface area contributed by atoms with Crippen LogP contribution in [-0.2, 0) is 10.8 Å². The Morgan fingerprint density at radius 3 is 2.00 bits per heavy atom. The molecule has 0 aromatic heterocycles. The molecule has 3 aromatic carbocycles. The number of benzene rings is 3. The molecule has 0 radical (unpaired) electrons. The van der Waals surface area contributed by atoms with Crippen molar-refractivity contribution in [3.05, 3.63) is 94.5 Å². The average Bonchev–Trinajstić information content (AvgIpc) is 2.76. The molecule has 0 unspecified atom stereocenters. The lowest BCUT2D eigenvalue weighted by molar-refractivity contribution is 0.233. The van der Waals surface area contributed by atoms with Gasteiger partial charge in [-0.05, 0) is 45.9 Å². The second-order valence-corrected chi connectivity index (χ2v) is 14.7. The Balaban J connectivity index is 0.00000289. The number of hydrogen-bond acceptors (Lipinski definition) is 2. The third-order valence-corrected chi connectivity index (χ3v) is 12.2. The van der Waals surface area contributed by atoms with E-state index in [9.17, 15) is 0 Å². The summed E-state index contributed by atoms with van der Waals surface area (Å²) in [4.78, 5) is 0. The predicted octanol–water partition coefficient (Wildman–Crippen LogP) is 6.24. The Bertz CT molecular complexity index is 977. The third-order valence-electron chi connectivity index (χ3n) is 6.48. The normalized spacial score (nSPS) is 18.5. The minimum Gasteiger partial charge on any atom is -0.406 e. The molecule has 170 valence electrons. The van der Waals surface area contributed by atoms with Crippen molar-refractivity contribution in [1.82, 2.24) is 5.32 Å². The van der Waals surface area contributed by atoms with Gasteiger partial charge in [0.2, 0.25) is 0 Å². The van der Waals surface area contributed by atoms with Gasteiger partial charge in [0.15, 0.2) is 0 Å². The molecule has 0 saturated heterocycles. The highest BCUT2D eigenvalue weighted by Crippen LogP contribution is 2.37. The van der Waals surface area contributed by atoms with E-state index in [4.69, 9.17) is 4.43 Å². The standard InChI is InChI=1S/C27H32BrNOSi.CH4/c1-20-24-16-11-17-26(28)25(24)18-21(29-20)19-30-31(27(2,3)4,22-12-7-5-8-13-22)23-14-9-6-10-15-23;/h5-17,20-21,29H,18-19H2,1-4H3;1H4/t20-,21+;/m0./s1. The zero-order valence-corrected chi connectivity index (χ0v) is 21.4. The molecule has 1 N–H and O–H groups in total. The van der Waals surface area contributed by atoms with Gasteiger partial charge in [-0.15, -0.1) is 0 Å². The predicted molar refractivity (Wildman–Crippen MR) is 143 cm³/mol. The van der Waals surface area contributed by atoms with E-state index < -0.39 is 8.32 Å². The maximum absolute atomic E-state index is 7.17. The van der Waals surface area contributed by atoms with E-state index in [1.54, 1.807) is 0 Å². The second kappa shape index (κ2) is 10.0. The lowest BCUT2D eigenvalue weighted by atomic mass is 9.91. The average molecular weight is 511 g/mol. The summed E-state index contributed by atoms with van der Waals surface area (Å²) in [5, 5.41) is 6.46. The highest BCUT2D eigenvalue weighted by atomic mass is 79.9. The zero-order chi connectivity index (χ0) is 22.1. The monoisotopic (exact) mass is 509 g/mol. The number of fused-ring (bicyclic) bond motifs is 1. The molecule has 4 rings (SSSR count). The fourth-order valence-electron chi connectivity index (χ4n) is 5.04. The van der Waals surface area contributed by atoms with Gasteiger partial charge in [0.25, 0.3) is 8.32 Å². The molecule has 1 aliphatic heterocycles. The Kier molecular flexibility index (Phi) is 7.82. The van der Waals surface area contributed by atoms with E-state index in [2.05, 4.69) is 128 Å². The Hall–Kier alpha value is -1.72. The summed E-state index contributed by atoms with van der Waals surface area (Å²) in [5.41, 5.74) is 2.79. The number of halogens is 1. The molecule has 3 aromatic rings. The van der Waals surface area contributed by atoms with Crippen LogP contribution < -0.4 is 15.7 Å². The van der Waals surface area contributed by atoms with Crippen LogP contribution in [0, 0.1) is 0 Å². The zero-order valence-electron chi connectivity index (χ0n) is 18.9. The van der Waals surface area contributed by atoms with Crippen molar-refractivity contribution in [3.8, 4) is 0 Å². The summed E-state index contributed by atoms with van der Waals surface area (Å²) in [6.07, 6.45) is 0.972. The van der Waals surface area contributed by atoms with Gasteiger partial charge in [0.1, 0.15) is 0 Å². The molecule has 1 heterocycles. The van der Waals surface area contributed by atoms with E-state index in [1.165, 1.54) is 26.0 Å². The molecular weight excluding hydrogens is 474 g/mol. The quantitative estimate of drug-likeness (QED) is 0.411. The molecule has 0 saturated carbocycles. The first-order chi connectivity index (χ1) is 14.8. The Morgan fingerprint density at radius 1 is 0.906 bits per heavy atom. The molecular formula is C28H36BrNOSi. The summed E-state index contributed by atoms with van der Waals surface area (Å²) in [6, 6.07) is 28.9. The molecule has 0 bridgehead atoms. The summed E-state index contributed by atoms with van der Waals surface area (Å²) in [5.74, 6) is 0. The van der Waals surface area contributed by atoms with Crippen molar-refractivity contribution in [1.29, 1.82) is 0 Å². The van der Waals surface area contributed by atoms with E-state index >= 15 is 0 Å². The summed E-state index contributed by atoms with van der Waals surface area (Å²) in [6.45, 7) is 9.95. The minimum atomic E-state index is -2.51. The van der Waals surface area contributed by atoms with E-state index in [-0.39, 0.29) is 18.5 Å².